The lowest BCUT2D eigenvalue weighted by molar-refractivity contribution is 0.372. The maximum atomic E-state index is 5.98. The number of thiocarbonyl (C=S) groups is 1. The van der Waals surface area contributed by atoms with Gasteiger partial charge in [-0.05, 0) is 18.6 Å². The molecule has 2 rings (SSSR count). The summed E-state index contributed by atoms with van der Waals surface area (Å²) in [5, 5.41) is 3.68. The van der Waals surface area contributed by atoms with Crippen molar-refractivity contribution in [3.8, 4) is 5.75 Å². The molecule has 1 aliphatic rings. The summed E-state index contributed by atoms with van der Waals surface area (Å²) in [6.45, 7) is 2.41. The van der Waals surface area contributed by atoms with Gasteiger partial charge in [0.15, 0.2) is 0 Å². The Kier molecular flexibility index (Phi) is 2.14. The van der Waals surface area contributed by atoms with Crippen molar-refractivity contribution in [2.24, 2.45) is 0 Å². The highest BCUT2D eigenvalue weighted by Gasteiger charge is 2.17. The Morgan fingerprint density at radius 1 is 1.54 bits per heavy atom. The SMILES string of the molecule is Cc1ccc(Cl)c2c1OCC(=S)N2. The minimum absolute atomic E-state index is 0.434. The van der Waals surface area contributed by atoms with E-state index in [1.54, 1.807) is 0 Å². The van der Waals surface area contributed by atoms with Gasteiger partial charge in [-0.15, -0.1) is 0 Å². The van der Waals surface area contributed by atoms with Crippen molar-refractivity contribution in [2.75, 3.05) is 11.9 Å². The van der Waals surface area contributed by atoms with Crippen LogP contribution in [0.5, 0.6) is 5.75 Å². The molecular weight excluding hydrogens is 206 g/mol. The van der Waals surface area contributed by atoms with Gasteiger partial charge in [0.2, 0.25) is 0 Å². The van der Waals surface area contributed by atoms with Crippen LogP contribution in [-0.4, -0.2) is 11.6 Å². The third-order valence-electron chi connectivity index (χ3n) is 1.92. The normalized spacial score (nSPS) is 14.5. The summed E-state index contributed by atoms with van der Waals surface area (Å²) in [5.41, 5.74) is 1.85. The molecule has 1 aromatic rings. The van der Waals surface area contributed by atoms with Crippen molar-refractivity contribution in [3.63, 3.8) is 0 Å². The van der Waals surface area contributed by atoms with Crippen LogP contribution in [0.15, 0.2) is 12.1 Å². The molecule has 13 heavy (non-hydrogen) atoms. The number of anilines is 1. The number of hydrogen-bond donors (Lipinski definition) is 1. The summed E-state index contributed by atoms with van der Waals surface area (Å²) in [4.78, 5) is 0.667. The summed E-state index contributed by atoms with van der Waals surface area (Å²) >= 11 is 11.0. The van der Waals surface area contributed by atoms with E-state index >= 15 is 0 Å². The first-order chi connectivity index (χ1) is 6.18. The van der Waals surface area contributed by atoms with Crippen LogP contribution in [-0.2, 0) is 0 Å². The number of ether oxygens (including phenoxy) is 1. The number of nitrogens with one attached hydrogen (secondary N) is 1. The van der Waals surface area contributed by atoms with Crippen molar-refractivity contribution >= 4 is 34.5 Å². The lowest BCUT2D eigenvalue weighted by atomic mass is 10.2. The van der Waals surface area contributed by atoms with Crippen LogP contribution in [0.3, 0.4) is 0 Å². The Bertz CT molecular complexity index is 378. The molecule has 2 nitrogen and oxygen atoms in total. The van der Waals surface area contributed by atoms with E-state index in [0.29, 0.717) is 16.6 Å². The Hall–Kier alpha value is -0.800. The van der Waals surface area contributed by atoms with E-state index in [9.17, 15) is 0 Å². The first-order valence-corrected chi connectivity index (χ1v) is 4.69. The van der Waals surface area contributed by atoms with Crippen molar-refractivity contribution in [2.45, 2.75) is 6.92 Å². The average Bonchev–Trinajstić information content (AvgIpc) is 2.12. The number of benzene rings is 1. The van der Waals surface area contributed by atoms with Gasteiger partial charge in [0, 0.05) is 0 Å². The van der Waals surface area contributed by atoms with Crippen LogP contribution < -0.4 is 10.1 Å². The number of rotatable bonds is 0. The van der Waals surface area contributed by atoms with Crippen LogP contribution in [0.25, 0.3) is 0 Å². The van der Waals surface area contributed by atoms with E-state index in [1.165, 1.54) is 0 Å². The standard InChI is InChI=1S/C9H8ClNOS/c1-5-2-3-6(10)8-9(5)12-4-7(13)11-8/h2-3H,4H2,1H3,(H,11,13). The molecule has 1 aromatic carbocycles. The molecule has 0 fully saturated rings. The minimum atomic E-state index is 0.434. The number of aryl methyl sites for hydroxylation is 1. The number of hydrogen-bond acceptors (Lipinski definition) is 2. The summed E-state index contributed by atoms with van der Waals surface area (Å²) in [6, 6.07) is 3.76. The van der Waals surface area contributed by atoms with Gasteiger partial charge in [-0.2, -0.15) is 0 Å². The maximum Gasteiger partial charge on any atom is 0.147 e. The first-order valence-electron chi connectivity index (χ1n) is 3.90. The molecule has 0 atom stereocenters. The maximum absolute atomic E-state index is 5.98. The third kappa shape index (κ3) is 1.49. The van der Waals surface area contributed by atoms with Crippen molar-refractivity contribution < 1.29 is 4.74 Å². The second-order valence-corrected chi connectivity index (χ2v) is 3.81. The Labute approximate surface area is 86.8 Å². The van der Waals surface area contributed by atoms with Gasteiger partial charge < -0.3 is 10.1 Å². The fourth-order valence-corrected chi connectivity index (χ4v) is 1.64. The van der Waals surface area contributed by atoms with Crippen molar-refractivity contribution in [1.29, 1.82) is 0 Å². The zero-order chi connectivity index (χ0) is 9.42. The Morgan fingerprint density at radius 2 is 2.31 bits per heavy atom. The van der Waals surface area contributed by atoms with Gasteiger partial charge in [0.1, 0.15) is 23.0 Å². The molecule has 0 saturated heterocycles. The van der Waals surface area contributed by atoms with Crippen molar-refractivity contribution in [1.82, 2.24) is 0 Å². The van der Waals surface area contributed by atoms with Crippen LogP contribution in [0.4, 0.5) is 5.69 Å². The van der Waals surface area contributed by atoms with Crippen LogP contribution >= 0.6 is 23.8 Å². The van der Waals surface area contributed by atoms with E-state index in [2.05, 4.69) is 5.32 Å². The smallest absolute Gasteiger partial charge is 0.147 e. The topological polar surface area (TPSA) is 21.3 Å². The second-order valence-electron chi connectivity index (χ2n) is 2.91. The molecule has 68 valence electrons. The quantitative estimate of drug-likeness (QED) is 0.670. The fraction of sp³-hybridized carbons (Fsp3) is 0.222. The summed E-state index contributed by atoms with van der Waals surface area (Å²) in [6.07, 6.45) is 0. The molecule has 0 aromatic heterocycles. The first kappa shape index (κ1) is 8.78. The second kappa shape index (κ2) is 3.16. The van der Waals surface area contributed by atoms with E-state index in [-0.39, 0.29) is 0 Å². The lowest BCUT2D eigenvalue weighted by Gasteiger charge is -2.22. The van der Waals surface area contributed by atoms with E-state index in [0.717, 1.165) is 17.0 Å². The molecule has 0 saturated carbocycles. The highest BCUT2D eigenvalue weighted by atomic mass is 35.5. The Morgan fingerprint density at radius 3 is 3.08 bits per heavy atom. The zero-order valence-electron chi connectivity index (χ0n) is 7.06. The summed E-state index contributed by atoms with van der Waals surface area (Å²) in [5.74, 6) is 0.807. The molecule has 0 unspecified atom stereocenters. The number of fused-ring (bicyclic) bond motifs is 1. The van der Waals surface area contributed by atoms with Gasteiger partial charge in [-0.3, -0.25) is 0 Å². The van der Waals surface area contributed by atoms with Crippen LogP contribution in [0.1, 0.15) is 5.56 Å². The van der Waals surface area contributed by atoms with Gasteiger partial charge >= 0.3 is 0 Å². The number of halogens is 1. The highest BCUT2D eigenvalue weighted by Crippen LogP contribution is 2.37. The highest BCUT2D eigenvalue weighted by molar-refractivity contribution is 7.80. The Balaban J connectivity index is 2.57. The molecule has 4 heteroatoms. The third-order valence-corrected chi connectivity index (χ3v) is 2.45. The molecule has 1 heterocycles. The van der Waals surface area contributed by atoms with E-state index in [4.69, 9.17) is 28.6 Å². The molecule has 1 aliphatic heterocycles. The van der Waals surface area contributed by atoms with Crippen molar-refractivity contribution in [3.05, 3.63) is 22.7 Å². The minimum Gasteiger partial charge on any atom is -0.484 e. The summed E-state index contributed by atoms with van der Waals surface area (Å²) < 4.78 is 5.46. The molecule has 0 amide bonds. The lowest BCUT2D eigenvalue weighted by Crippen LogP contribution is -2.24. The van der Waals surface area contributed by atoms with E-state index in [1.807, 2.05) is 19.1 Å². The monoisotopic (exact) mass is 213 g/mol. The molecule has 0 radical (unpaired) electrons. The fourth-order valence-electron chi connectivity index (χ4n) is 1.28. The largest absolute Gasteiger partial charge is 0.484 e. The summed E-state index contributed by atoms with van der Waals surface area (Å²) in [7, 11) is 0. The molecule has 0 bridgehead atoms. The van der Waals surface area contributed by atoms with Gasteiger partial charge in [-0.1, -0.05) is 29.9 Å². The predicted octanol–water partition coefficient (Wildman–Crippen LogP) is 2.78. The van der Waals surface area contributed by atoms with Crippen LogP contribution in [0.2, 0.25) is 5.02 Å². The molecule has 1 N–H and O–H groups in total. The molecular formula is C9H8ClNOS. The molecule has 0 aliphatic carbocycles. The average molecular weight is 214 g/mol. The predicted molar refractivity (Wildman–Crippen MR) is 57.9 cm³/mol. The van der Waals surface area contributed by atoms with E-state index < -0.39 is 0 Å². The zero-order valence-corrected chi connectivity index (χ0v) is 8.63. The molecule has 0 spiro atoms. The van der Waals surface area contributed by atoms with Crippen LogP contribution in [0, 0.1) is 6.92 Å². The van der Waals surface area contributed by atoms with Gasteiger partial charge in [0.05, 0.1) is 5.02 Å². The van der Waals surface area contributed by atoms with Gasteiger partial charge in [-0.25, -0.2) is 0 Å². The van der Waals surface area contributed by atoms with Gasteiger partial charge in [0.25, 0.3) is 0 Å².